The Balaban J connectivity index is 1.50. The average Bonchev–Trinajstić information content (AvgIpc) is 3.73. The molecule has 0 aliphatic carbocycles. The van der Waals surface area contributed by atoms with Gasteiger partial charge in [-0.1, -0.05) is 37.1 Å². The number of carbonyl (C=O) groups excluding carboxylic acids is 3. The van der Waals surface area contributed by atoms with Crippen LogP contribution in [-0.4, -0.2) is 47.1 Å². The third kappa shape index (κ3) is 8.07. The van der Waals surface area contributed by atoms with Gasteiger partial charge in [-0.05, 0) is 42.7 Å². The molecule has 5 N–H and O–H groups in total. The Kier molecular flexibility index (Phi) is 10.1. The summed E-state index contributed by atoms with van der Waals surface area (Å²) in [6.45, 7) is 0.579. The molecule has 0 radical (unpaired) electrons. The molecule has 39 heavy (non-hydrogen) atoms. The van der Waals surface area contributed by atoms with Gasteiger partial charge in [0.2, 0.25) is 11.8 Å². The molecule has 0 bridgehead atoms. The number of benzene rings is 2. The normalized spacial score (nSPS) is 13.6. The van der Waals surface area contributed by atoms with Gasteiger partial charge in [-0.3, -0.25) is 19.6 Å². The highest BCUT2D eigenvalue weighted by Gasteiger charge is 2.65. The van der Waals surface area contributed by atoms with Gasteiger partial charge in [-0.25, -0.2) is 5.48 Å². The van der Waals surface area contributed by atoms with Crippen LogP contribution in [0.1, 0.15) is 60.0 Å². The molecule has 10 nitrogen and oxygen atoms in total. The van der Waals surface area contributed by atoms with Crippen LogP contribution in [0.25, 0.3) is 0 Å². The molecule has 1 aliphatic rings. The number of halogens is 3. The van der Waals surface area contributed by atoms with Gasteiger partial charge in [0.05, 0.1) is 0 Å². The fourth-order valence-electron chi connectivity index (χ4n) is 4.00. The van der Waals surface area contributed by atoms with Gasteiger partial charge >= 0.3 is 11.8 Å². The van der Waals surface area contributed by atoms with Gasteiger partial charge in [0.1, 0.15) is 0 Å². The summed E-state index contributed by atoms with van der Waals surface area (Å²) in [6.07, 6.45) is -1.25. The monoisotopic (exact) mass is 548 g/mol. The van der Waals surface area contributed by atoms with E-state index in [1.54, 1.807) is 29.7 Å². The molecular weight excluding hydrogens is 517 g/mol. The van der Waals surface area contributed by atoms with Gasteiger partial charge in [-0.15, -0.1) is 10.2 Å². The highest BCUT2D eigenvalue weighted by atomic mass is 19.4. The molecule has 2 aromatic carbocycles. The number of unbranched alkanes of at least 4 members (excludes halogenated alkanes) is 3. The van der Waals surface area contributed by atoms with E-state index in [0.717, 1.165) is 12.8 Å². The van der Waals surface area contributed by atoms with E-state index < -0.39 is 17.7 Å². The second-order valence-electron chi connectivity index (χ2n) is 9.16. The summed E-state index contributed by atoms with van der Waals surface area (Å²) in [7, 11) is 0. The topological polar surface area (TPSA) is 149 Å². The fourth-order valence-corrected chi connectivity index (χ4v) is 4.00. The van der Waals surface area contributed by atoms with E-state index in [0.29, 0.717) is 36.1 Å². The van der Waals surface area contributed by atoms with E-state index >= 15 is 0 Å². The van der Waals surface area contributed by atoms with Gasteiger partial charge in [0.25, 0.3) is 5.91 Å². The lowest BCUT2D eigenvalue weighted by Crippen LogP contribution is -2.35. The molecule has 2 aromatic rings. The lowest BCUT2D eigenvalue weighted by atomic mass is 10.0. The van der Waals surface area contributed by atoms with Crippen molar-refractivity contribution in [3.8, 4) is 0 Å². The van der Waals surface area contributed by atoms with Crippen molar-refractivity contribution in [2.24, 2.45) is 16.0 Å². The summed E-state index contributed by atoms with van der Waals surface area (Å²) in [4.78, 5) is 37.7. The number of nitrogens with two attached hydrogens (primary N) is 1. The summed E-state index contributed by atoms with van der Waals surface area (Å²) in [5, 5.41) is 17.6. The summed E-state index contributed by atoms with van der Waals surface area (Å²) >= 11 is 0. The molecule has 0 aromatic heterocycles. The van der Waals surface area contributed by atoms with Gasteiger partial charge < -0.3 is 16.0 Å². The van der Waals surface area contributed by atoms with Crippen molar-refractivity contribution in [1.82, 2.24) is 10.4 Å². The first-order valence-corrected chi connectivity index (χ1v) is 12.5. The van der Waals surface area contributed by atoms with Crippen molar-refractivity contribution in [2.45, 2.75) is 56.9 Å². The smallest absolute Gasteiger partial charge is 0.333 e. The van der Waals surface area contributed by atoms with Crippen LogP contribution in [0.4, 0.5) is 18.9 Å². The van der Waals surface area contributed by atoms with Crippen LogP contribution in [0.5, 0.6) is 0 Å². The number of hydrogen-bond acceptors (Lipinski definition) is 7. The number of rotatable bonds is 14. The minimum atomic E-state index is -4.61. The van der Waals surface area contributed by atoms with Crippen LogP contribution >= 0.6 is 0 Å². The predicted molar refractivity (Wildman–Crippen MR) is 136 cm³/mol. The second-order valence-corrected chi connectivity index (χ2v) is 9.16. The van der Waals surface area contributed by atoms with E-state index in [-0.39, 0.29) is 43.4 Å². The van der Waals surface area contributed by atoms with Crippen LogP contribution in [-0.2, 0) is 21.8 Å². The molecule has 0 atom stereocenters. The molecule has 3 amide bonds. The van der Waals surface area contributed by atoms with Crippen LogP contribution in [0.2, 0.25) is 0 Å². The molecule has 0 saturated heterocycles. The minimum Gasteiger partial charge on any atom is -0.333 e. The average molecular weight is 549 g/mol. The summed E-state index contributed by atoms with van der Waals surface area (Å²) in [6, 6.07) is 12.0. The SMILES string of the molecule is NCCN(Cc1ccc(C2(C(F)(F)F)N=N2)cc1)C(=O)c1ccc(NC(=O)CCCCCCC(=O)NO)cc1. The Hall–Kier alpha value is -3.84. The Morgan fingerprint density at radius 2 is 1.49 bits per heavy atom. The number of alkyl halides is 3. The largest absolute Gasteiger partial charge is 0.442 e. The van der Waals surface area contributed by atoms with Crippen LogP contribution < -0.4 is 16.5 Å². The van der Waals surface area contributed by atoms with Gasteiger partial charge in [0, 0.05) is 49.3 Å². The van der Waals surface area contributed by atoms with Crippen molar-refractivity contribution in [3.05, 3.63) is 65.2 Å². The molecular formula is C26H31F3N6O4. The Morgan fingerprint density at radius 3 is 2.00 bits per heavy atom. The van der Waals surface area contributed by atoms with Crippen LogP contribution in [0, 0.1) is 0 Å². The lowest BCUT2D eigenvalue weighted by Gasteiger charge is -2.23. The van der Waals surface area contributed by atoms with E-state index in [2.05, 4.69) is 15.5 Å². The molecule has 1 aliphatic heterocycles. The quantitative estimate of drug-likeness (QED) is 0.158. The Labute approximate surface area is 223 Å². The maximum Gasteiger partial charge on any atom is 0.442 e. The molecule has 1 heterocycles. The summed E-state index contributed by atoms with van der Waals surface area (Å²) < 4.78 is 39.7. The molecule has 210 valence electrons. The number of hydroxylamine groups is 1. The van der Waals surface area contributed by atoms with E-state index in [9.17, 15) is 27.6 Å². The van der Waals surface area contributed by atoms with Crippen molar-refractivity contribution in [3.63, 3.8) is 0 Å². The van der Waals surface area contributed by atoms with Crippen molar-refractivity contribution < 1.29 is 32.8 Å². The number of hydrogen-bond donors (Lipinski definition) is 4. The number of carbonyl (C=O) groups is 3. The molecule has 0 unspecified atom stereocenters. The van der Waals surface area contributed by atoms with Crippen molar-refractivity contribution in [2.75, 3.05) is 18.4 Å². The predicted octanol–water partition coefficient (Wildman–Crippen LogP) is 4.25. The zero-order chi connectivity index (χ0) is 28.5. The Morgan fingerprint density at radius 1 is 0.897 bits per heavy atom. The highest BCUT2D eigenvalue weighted by Crippen LogP contribution is 2.52. The number of amides is 3. The first-order chi connectivity index (χ1) is 18.6. The Bertz CT molecular complexity index is 1160. The molecule has 0 fully saturated rings. The van der Waals surface area contributed by atoms with Gasteiger partial charge in [0.15, 0.2) is 0 Å². The number of nitrogens with zero attached hydrogens (tertiary/aromatic N) is 3. The molecule has 0 saturated carbocycles. The van der Waals surface area contributed by atoms with E-state index in [4.69, 9.17) is 10.9 Å². The maximum absolute atomic E-state index is 13.2. The standard InChI is InChI=1S/C26H31F3N6O4/c27-26(28,29)25(33-34-25)20-11-7-18(8-12-20)17-35(16-15-30)24(38)19-9-13-21(14-10-19)31-22(36)5-3-1-2-4-6-23(37)32-39/h7-14,39H,1-6,15-17,30H2,(H,31,36)(H,32,37). The van der Waals surface area contributed by atoms with Crippen molar-refractivity contribution in [1.29, 1.82) is 0 Å². The lowest BCUT2D eigenvalue weighted by molar-refractivity contribution is -0.166. The highest BCUT2D eigenvalue weighted by molar-refractivity contribution is 5.95. The fraction of sp³-hybridized carbons (Fsp3) is 0.423. The second kappa shape index (κ2) is 13.3. The molecule has 0 spiro atoms. The zero-order valence-electron chi connectivity index (χ0n) is 21.2. The summed E-state index contributed by atoms with van der Waals surface area (Å²) in [5.41, 5.74) is 6.22. The molecule has 3 rings (SSSR count). The van der Waals surface area contributed by atoms with E-state index in [1.807, 2.05) is 0 Å². The summed E-state index contributed by atoms with van der Waals surface area (Å²) in [5.74, 6) is -0.912. The first kappa shape index (κ1) is 29.7. The van der Waals surface area contributed by atoms with Crippen LogP contribution in [0.3, 0.4) is 0 Å². The third-order valence-corrected chi connectivity index (χ3v) is 6.21. The maximum atomic E-state index is 13.2. The first-order valence-electron chi connectivity index (χ1n) is 12.5. The van der Waals surface area contributed by atoms with E-state index in [1.165, 1.54) is 29.2 Å². The number of anilines is 1. The van der Waals surface area contributed by atoms with Crippen molar-refractivity contribution >= 4 is 23.4 Å². The zero-order valence-corrected chi connectivity index (χ0v) is 21.2. The van der Waals surface area contributed by atoms with Crippen LogP contribution in [0.15, 0.2) is 58.8 Å². The number of nitrogens with one attached hydrogen (secondary N) is 2. The third-order valence-electron chi connectivity index (χ3n) is 6.21. The molecule has 13 heteroatoms. The minimum absolute atomic E-state index is 0.0832. The van der Waals surface area contributed by atoms with Gasteiger partial charge in [-0.2, -0.15) is 13.2 Å².